The fourth-order valence-electron chi connectivity index (χ4n) is 3.67. The molecule has 180 valence electrons. The third kappa shape index (κ3) is 5.81. The first-order valence-corrected chi connectivity index (χ1v) is 12.6. The van der Waals surface area contributed by atoms with Gasteiger partial charge in [0.2, 0.25) is 0 Å². The van der Waals surface area contributed by atoms with E-state index in [9.17, 15) is 4.79 Å². The van der Waals surface area contributed by atoms with Gasteiger partial charge < -0.3 is 10.1 Å². The van der Waals surface area contributed by atoms with E-state index in [-0.39, 0.29) is 5.91 Å². The van der Waals surface area contributed by atoms with E-state index >= 15 is 0 Å². The minimum Gasteiger partial charge on any atom is -0.496 e. The average Bonchev–Trinajstić information content (AvgIpc) is 3.26. The second-order valence-electron chi connectivity index (χ2n) is 7.95. The lowest BCUT2D eigenvalue weighted by Crippen LogP contribution is -2.29. The van der Waals surface area contributed by atoms with Crippen LogP contribution in [0.2, 0.25) is 10.0 Å². The Morgan fingerprint density at radius 3 is 2.63 bits per heavy atom. The van der Waals surface area contributed by atoms with Gasteiger partial charge >= 0.3 is 0 Å². The van der Waals surface area contributed by atoms with Gasteiger partial charge in [-0.25, -0.2) is 0 Å². The minimum atomic E-state index is -0.472. The molecule has 0 saturated carbocycles. The van der Waals surface area contributed by atoms with Crippen LogP contribution in [0, 0.1) is 6.92 Å². The summed E-state index contributed by atoms with van der Waals surface area (Å²) in [5.74, 6) is 1.46. The van der Waals surface area contributed by atoms with Crippen LogP contribution < -0.4 is 10.1 Å². The maximum absolute atomic E-state index is 13.0. The molecule has 1 heterocycles. The van der Waals surface area contributed by atoms with E-state index < -0.39 is 6.04 Å². The van der Waals surface area contributed by atoms with Crippen molar-refractivity contribution in [2.45, 2.75) is 30.8 Å². The number of benzene rings is 3. The molecule has 0 fully saturated rings. The number of thioether (sulfide) groups is 1. The molecule has 1 atom stereocenters. The number of hydrogen-bond acceptors (Lipinski definition) is 5. The van der Waals surface area contributed by atoms with Crippen molar-refractivity contribution in [3.63, 3.8) is 0 Å². The third-order valence-electron chi connectivity index (χ3n) is 5.35. The Bertz CT molecular complexity index is 1360. The molecular weight excluding hydrogens is 503 g/mol. The molecule has 4 aromatic rings. The molecule has 1 aromatic heterocycles. The molecule has 0 radical (unpaired) electrons. The van der Waals surface area contributed by atoms with Crippen molar-refractivity contribution in [1.29, 1.82) is 0 Å². The van der Waals surface area contributed by atoms with Crippen molar-refractivity contribution in [1.82, 2.24) is 20.1 Å². The molecule has 9 heteroatoms. The van der Waals surface area contributed by atoms with Gasteiger partial charge in [0, 0.05) is 10.8 Å². The van der Waals surface area contributed by atoms with E-state index in [0.717, 1.165) is 0 Å². The van der Waals surface area contributed by atoms with E-state index in [4.69, 9.17) is 27.9 Å². The molecule has 0 spiro atoms. The van der Waals surface area contributed by atoms with Crippen LogP contribution in [0.5, 0.6) is 5.75 Å². The molecule has 4 rings (SSSR count). The Labute approximate surface area is 218 Å². The normalized spacial score (nSPS) is 11.8. The number of carbonyl (C=O) groups is 1. The van der Waals surface area contributed by atoms with Crippen LogP contribution in [-0.2, 0) is 5.75 Å². The Hall–Kier alpha value is -3.00. The SMILES string of the molecule is COc1ccccc1C(=O)NC(C)c1nnc(SCc2cccc(C)c2)n1-c1ccc(Cl)cc1Cl. The number of para-hydroxylation sites is 1. The first-order valence-electron chi connectivity index (χ1n) is 10.9. The Morgan fingerprint density at radius 1 is 1.09 bits per heavy atom. The fraction of sp³-hybridized carbons (Fsp3) is 0.192. The number of hydrogen-bond donors (Lipinski definition) is 1. The van der Waals surface area contributed by atoms with Crippen LogP contribution in [0.1, 0.15) is 40.3 Å². The van der Waals surface area contributed by atoms with Crippen molar-refractivity contribution >= 4 is 40.9 Å². The largest absolute Gasteiger partial charge is 0.496 e. The highest BCUT2D eigenvalue weighted by Crippen LogP contribution is 2.32. The molecule has 6 nitrogen and oxygen atoms in total. The maximum Gasteiger partial charge on any atom is 0.255 e. The molecule has 3 aromatic carbocycles. The minimum absolute atomic E-state index is 0.277. The van der Waals surface area contributed by atoms with Crippen LogP contribution in [-0.4, -0.2) is 27.8 Å². The maximum atomic E-state index is 13.0. The molecule has 0 saturated heterocycles. The summed E-state index contributed by atoms with van der Waals surface area (Å²) in [5.41, 5.74) is 3.48. The number of aromatic nitrogens is 3. The van der Waals surface area contributed by atoms with Crippen LogP contribution in [0.4, 0.5) is 0 Å². The van der Waals surface area contributed by atoms with Gasteiger partial charge in [-0.15, -0.1) is 10.2 Å². The number of aryl methyl sites for hydroxylation is 1. The van der Waals surface area contributed by atoms with Gasteiger partial charge in [-0.3, -0.25) is 9.36 Å². The van der Waals surface area contributed by atoms with Gasteiger partial charge in [0.1, 0.15) is 5.75 Å². The van der Waals surface area contributed by atoms with E-state index in [1.54, 1.807) is 42.1 Å². The van der Waals surface area contributed by atoms with E-state index in [1.807, 2.05) is 29.7 Å². The van der Waals surface area contributed by atoms with E-state index in [2.05, 4.69) is 40.6 Å². The van der Waals surface area contributed by atoms with Gasteiger partial charge in [0.25, 0.3) is 5.91 Å². The molecule has 0 bridgehead atoms. The summed E-state index contributed by atoms with van der Waals surface area (Å²) in [6.45, 7) is 3.92. The van der Waals surface area contributed by atoms with Crippen LogP contribution in [0.15, 0.2) is 71.9 Å². The number of methoxy groups -OCH3 is 1. The number of carbonyl (C=O) groups excluding carboxylic acids is 1. The zero-order chi connectivity index (χ0) is 24.9. The molecule has 0 aliphatic rings. The third-order valence-corrected chi connectivity index (χ3v) is 6.88. The van der Waals surface area contributed by atoms with Gasteiger partial charge in [0.15, 0.2) is 11.0 Å². The van der Waals surface area contributed by atoms with E-state index in [1.165, 1.54) is 18.2 Å². The number of amides is 1. The predicted molar refractivity (Wildman–Crippen MR) is 141 cm³/mol. The molecule has 35 heavy (non-hydrogen) atoms. The smallest absolute Gasteiger partial charge is 0.255 e. The van der Waals surface area contributed by atoms with Crippen LogP contribution >= 0.6 is 35.0 Å². The Kier molecular flexibility index (Phi) is 8.00. The highest BCUT2D eigenvalue weighted by molar-refractivity contribution is 7.98. The summed E-state index contributed by atoms with van der Waals surface area (Å²) in [5, 5.41) is 13.5. The predicted octanol–water partition coefficient (Wildman–Crippen LogP) is 6.67. The first-order chi connectivity index (χ1) is 16.9. The lowest BCUT2D eigenvalue weighted by atomic mass is 10.1. The van der Waals surface area contributed by atoms with Crippen molar-refractivity contribution in [3.05, 3.63) is 99.3 Å². The summed E-state index contributed by atoms with van der Waals surface area (Å²) in [6.07, 6.45) is 0. The van der Waals surface area contributed by atoms with Crippen molar-refractivity contribution in [2.75, 3.05) is 7.11 Å². The quantitative estimate of drug-likeness (QED) is 0.259. The average molecular weight is 527 g/mol. The Balaban J connectivity index is 1.67. The second-order valence-corrected chi connectivity index (χ2v) is 9.73. The number of ether oxygens (including phenoxy) is 1. The van der Waals surface area contributed by atoms with Gasteiger partial charge in [0.05, 0.1) is 29.4 Å². The zero-order valence-electron chi connectivity index (χ0n) is 19.5. The van der Waals surface area contributed by atoms with Crippen molar-refractivity contribution < 1.29 is 9.53 Å². The monoisotopic (exact) mass is 526 g/mol. The summed E-state index contributed by atoms with van der Waals surface area (Å²) in [6, 6.07) is 20.2. The zero-order valence-corrected chi connectivity index (χ0v) is 21.8. The Morgan fingerprint density at radius 2 is 1.89 bits per heavy atom. The van der Waals surface area contributed by atoms with E-state index in [0.29, 0.717) is 43.8 Å². The highest BCUT2D eigenvalue weighted by atomic mass is 35.5. The van der Waals surface area contributed by atoms with Crippen molar-refractivity contribution in [3.8, 4) is 11.4 Å². The highest BCUT2D eigenvalue weighted by Gasteiger charge is 2.24. The lowest BCUT2D eigenvalue weighted by molar-refractivity contribution is 0.0935. The molecule has 0 aliphatic heterocycles. The molecule has 1 unspecified atom stereocenters. The number of rotatable bonds is 8. The van der Waals surface area contributed by atoms with Crippen LogP contribution in [0.25, 0.3) is 5.69 Å². The lowest BCUT2D eigenvalue weighted by Gasteiger charge is -2.18. The standard InChI is InChI=1S/C26H24Cl2N4O2S/c1-16-7-6-8-18(13-16)15-35-26-31-30-24(32(26)22-12-11-19(27)14-21(22)28)17(2)29-25(33)20-9-4-5-10-23(20)34-3/h4-14,17H,15H2,1-3H3,(H,29,33). The summed E-state index contributed by atoms with van der Waals surface area (Å²) in [7, 11) is 1.53. The second kappa shape index (κ2) is 11.2. The van der Waals surface area contributed by atoms with Gasteiger partial charge in [-0.2, -0.15) is 0 Å². The van der Waals surface area contributed by atoms with Crippen LogP contribution in [0.3, 0.4) is 0 Å². The van der Waals surface area contributed by atoms with Gasteiger partial charge in [-0.1, -0.05) is 76.9 Å². The first kappa shape index (κ1) is 25.1. The molecule has 1 amide bonds. The number of halogens is 2. The van der Waals surface area contributed by atoms with Crippen molar-refractivity contribution in [2.24, 2.45) is 0 Å². The number of nitrogens with zero attached hydrogens (tertiary/aromatic N) is 3. The number of nitrogens with one attached hydrogen (secondary N) is 1. The van der Waals surface area contributed by atoms with Gasteiger partial charge in [-0.05, 0) is 49.7 Å². The molecular formula is C26H24Cl2N4O2S. The molecule has 1 N–H and O–H groups in total. The summed E-state index contributed by atoms with van der Waals surface area (Å²) < 4.78 is 7.20. The molecule has 0 aliphatic carbocycles. The fourth-order valence-corrected chi connectivity index (χ4v) is 5.05. The summed E-state index contributed by atoms with van der Waals surface area (Å²) >= 11 is 14.3. The summed E-state index contributed by atoms with van der Waals surface area (Å²) in [4.78, 5) is 13.0. The topological polar surface area (TPSA) is 69.0 Å².